The molecule has 0 N–H and O–H groups in total. The van der Waals surface area contributed by atoms with E-state index >= 15 is 0 Å². The van der Waals surface area contributed by atoms with Crippen LogP contribution in [0.2, 0.25) is 0 Å². The van der Waals surface area contributed by atoms with E-state index in [4.69, 9.17) is 4.98 Å². The summed E-state index contributed by atoms with van der Waals surface area (Å²) in [5, 5.41) is 1.24. The van der Waals surface area contributed by atoms with Crippen LogP contribution >= 0.6 is 11.3 Å². The second-order valence-electron chi connectivity index (χ2n) is 6.52. The minimum Gasteiger partial charge on any atom is -0.246 e. The Labute approximate surface area is 137 Å². The molecule has 0 aromatic carbocycles. The normalized spacial score (nSPS) is 20.8. The van der Waals surface area contributed by atoms with Gasteiger partial charge < -0.3 is 0 Å². The fourth-order valence-corrected chi connectivity index (χ4v) is 6.23. The highest BCUT2D eigenvalue weighted by molar-refractivity contribution is 7.89. The van der Waals surface area contributed by atoms with Crippen LogP contribution in [0.15, 0.2) is 12.2 Å². The summed E-state index contributed by atoms with van der Waals surface area (Å²) < 4.78 is 26.1. The Balaban J connectivity index is 1.64. The highest BCUT2D eigenvalue weighted by Crippen LogP contribution is 2.35. The zero-order valence-electron chi connectivity index (χ0n) is 13.2. The number of thiazole rings is 1. The second-order valence-corrected chi connectivity index (χ2v) is 9.60. The fraction of sp³-hybridized carbons (Fsp3) is 0.688. The number of nitrogens with zero attached hydrogens (tertiary/aromatic N) is 2. The molecule has 4 nitrogen and oxygen atoms in total. The monoisotopic (exact) mass is 340 g/mol. The van der Waals surface area contributed by atoms with E-state index in [0.717, 1.165) is 19.3 Å². The van der Waals surface area contributed by atoms with Gasteiger partial charge in [0.2, 0.25) is 10.0 Å². The van der Waals surface area contributed by atoms with Gasteiger partial charge in [0.05, 0.1) is 16.5 Å². The lowest BCUT2D eigenvalue weighted by molar-refractivity contribution is 0.319. The highest BCUT2D eigenvalue weighted by atomic mass is 32.2. The van der Waals surface area contributed by atoms with Crippen molar-refractivity contribution in [3.63, 3.8) is 0 Å². The highest BCUT2D eigenvalue weighted by Gasteiger charge is 2.30. The molecule has 6 heteroatoms. The summed E-state index contributed by atoms with van der Waals surface area (Å²) in [7, 11) is -3.17. The SMILES string of the molecule is C=C(C)CS(=O)(=O)N1CCC(c2nc3c(s2)CCCC3)CC1. The van der Waals surface area contributed by atoms with Crippen molar-refractivity contribution in [2.45, 2.75) is 51.4 Å². The molecular weight excluding hydrogens is 316 g/mol. The predicted octanol–water partition coefficient (Wildman–Crippen LogP) is 3.11. The number of hydrogen-bond acceptors (Lipinski definition) is 4. The largest absolute Gasteiger partial charge is 0.246 e. The van der Waals surface area contributed by atoms with Gasteiger partial charge in [-0.1, -0.05) is 12.2 Å². The van der Waals surface area contributed by atoms with Gasteiger partial charge in [-0.05, 0) is 45.4 Å². The van der Waals surface area contributed by atoms with E-state index in [2.05, 4.69) is 6.58 Å². The average molecular weight is 341 g/mol. The average Bonchev–Trinajstić information content (AvgIpc) is 2.90. The van der Waals surface area contributed by atoms with Crippen LogP contribution < -0.4 is 0 Å². The molecule has 2 heterocycles. The first-order valence-corrected chi connectivity index (χ1v) is 10.5. The van der Waals surface area contributed by atoms with Gasteiger partial charge in [0, 0.05) is 23.9 Å². The lowest BCUT2D eigenvalue weighted by atomic mass is 9.99. The van der Waals surface area contributed by atoms with Gasteiger partial charge >= 0.3 is 0 Å². The molecule has 0 atom stereocenters. The third-order valence-electron chi connectivity index (χ3n) is 4.49. The summed E-state index contributed by atoms with van der Waals surface area (Å²) in [5.41, 5.74) is 2.01. The van der Waals surface area contributed by atoms with Crippen molar-refractivity contribution in [3.8, 4) is 0 Å². The number of aryl methyl sites for hydroxylation is 2. The van der Waals surface area contributed by atoms with Crippen LogP contribution in [0.4, 0.5) is 0 Å². The standard InChI is InChI=1S/C16H24N2O2S2/c1-12(2)11-22(19,20)18-9-7-13(8-10-18)16-17-14-5-3-4-6-15(14)21-16/h13H,1,3-11H2,2H3. The van der Waals surface area contributed by atoms with Crippen molar-refractivity contribution in [1.82, 2.24) is 9.29 Å². The second kappa shape index (κ2) is 6.42. The van der Waals surface area contributed by atoms with Crippen molar-refractivity contribution < 1.29 is 8.42 Å². The smallest absolute Gasteiger partial charge is 0.217 e. The van der Waals surface area contributed by atoms with Crippen LogP contribution in [0.5, 0.6) is 0 Å². The molecule has 1 aliphatic heterocycles. The van der Waals surface area contributed by atoms with Crippen molar-refractivity contribution in [3.05, 3.63) is 27.7 Å². The number of fused-ring (bicyclic) bond motifs is 1. The molecule has 0 radical (unpaired) electrons. The van der Waals surface area contributed by atoms with E-state index in [1.807, 2.05) is 11.3 Å². The number of piperidine rings is 1. The maximum atomic E-state index is 12.3. The summed E-state index contributed by atoms with van der Waals surface area (Å²) in [6.45, 7) is 6.72. The number of rotatable bonds is 4. The number of aromatic nitrogens is 1. The number of hydrogen-bond donors (Lipinski definition) is 0. The Kier molecular flexibility index (Phi) is 4.71. The van der Waals surface area contributed by atoms with Crippen molar-refractivity contribution in [1.29, 1.82) is 0 Å². The van der Waals surface area contributed by atoms with Crippen molar-refractivity contribution in [2.75, 3.05) is 18.8 Å². The molecule has 1 fully saturated rings. The summed E-state index contributed by atoms with van der Waals surface area (Å²) >= 11 is 1.87. The van der Waals surface area contributed by atoms with E-state index in [1.165, 1.54) is 34.8 Å². The molecule has 122 valence electrons. The van der Waals surface area contributed by atoms with Crippen LogP contribution in [0.1, 0.15) is 54.1 Å². The minimum absolute atomic E-state index is 0.0726. The van der Waals surface area contributed by atoms with E-state index < -0.39 is 10.0 Å². The Bertz CT molecular complexity index is 632. The molecule has 0 spiro atoms. The lowest BCUT2D eigenvalue weighted by Gasteiger charge is -2.30. The first kappa shape index (κ1) is 16.1. The van der Waals surface area contributed by atoms with Crippen LogP contribution in [0.3, 0.4) is 0 Å². The summed E-state index contributed by atoms with van der Waals surface area (Å²) in [6, 6.07) is 0. The lowest BCUT2D eigenvalue weighted by Crippen LogP contribution is -2.39. The summed E-state index contributed by atoms with van der Waals surface area (Å²) in [4.78, 5) is 6.32. The topological polar surface area (TPSA) is 50.3 Å². The number of sulfonamides is 1. The van der Waals surface area contributed by atoms with E-state index in [1.54, 1.807) is 11.2 Å². The molecule has 3 rings (SSSR count). The fourth-order valence-electron chi connectivity index (χ4n) is 3.33. The van der Waals surface area contributed by atoms with Crippen LogP contribution in [-0.2, 0) is 22.9 Å². The molecule has 2 aliphatic rings. The molecular formula is C16H24N2O2S2. The zero-order valence-corrected chi connectivity index (χ0v) is 14.8. The Morgan fingerprint density at radius 3 is 2.64 bits per heavy atom. The molecule has 0 unspecified atom stereocenters. The molecule has 22 heavy (non-hydrogen) atoms. The third-order valence-corrected chi connectivity index (χ3v) is 7.82. The van der Waals surface area contributed by atoms with Gasteiger partial charge in [-0.2, -0.15) is 0 Å². The maximum absolute atomic E-state index is 12.3. The van der Waals surface area contributed by atoms with Crippen LogP contribution in [-0.4, -0.2) is 36.5 Å². The van der Waals surface area contributed by atoms with E-state index in [-0.39, 0.29) is 5.75 Å². The van der Waals surface area contributed by atoms with E-state index in [0.29, 0.717) is 24.6 Å². The molecule has 0 saturated carbocycles. The molecule has 0 amide bonds. The summed E-state index contributed by atoms with van der Waals surface area (Å²) in [6.07, 6.45) is 6.63. The molecule has 1 aromatic heterocycles. The Hall–Kier alpha value is -0.720. The Morgan fingerprint density at radius 1 is 1.32 bits per heavy atom. The zero-order chi connectivity index (χ0) is 15.7. The van der Waals surface area contributed by atoms with Gasteiger partial charge in [0.25, 0.3) is 0 Å². The van der Waals surface area contributed by atoms with Gasteiger partial charge in [-0.3, -0.25) is 0 Å². The van der Waals surface area contributed by atoms with Gasteiger partial charge in [-0.25, -0.2) is 17.7 Å². The van der Waals surface area contributed by atoms with Crippen LogP contribution in [0.25, 0.3) is 0 Å². The third kappa shape index (κ3) is 3.44. The Morgan fingerprint density at radius 2 is 2.00 bits per heavy atom. The van der Waals surface area contributed by atoms with E-state index in [9.17, 15) is 8.42 Å². The summed E-state index contributed by atoms with van der Waals surface area (Å²) in [5.74, 6) is 0.510. The van der Waals surface area contributed by atoms with Gasteiger partial charge in [0.15, 0.2) is 0 Å². The van der Waals surface area contributed by atoms with Crippen molar-refractivity contribution in [2.24, 2.45) is 0 Å². The quantitative estimate of drug-likeness (QED) is 0.791. The van der Waals surface area contributed by atoms with Crippen LogP contribution in [0, 0.1) is 0 Å². The molecule has 1 aromatic rings. The van der Waals surface area contributed by atoms with Crippen molar-refractivity contribution >= 4 is 21.4 Å². The minimum atomic E-state index is -3.17. The molecule has 1 aliphatic carbocycles. The first-order valence-electron chi connectivity index (χ1n) is 8.06. The molecule has 0 bridgehead atoms. The van der Waals surface area contributed by atoms with Gasteiger partial charge in [0.1, 0.15) is 0 Å². The molecule has 1 saturated heterocycles. The predicted molar refractivity (Wildman–Crippen MR) is 90.9 cm³/mol. The first-order chi connectivity index (χ1) is 10.5. The van der Waals surface area contributed by atoms with Gasteiger partial charge in [-0.15, -0.1) is 11.3 Å². The maximum Gasteiger partial charge on any atom is 0.217 e.